The fourth-order valence-electron chi connectivity index (χ4n) is 1.88. The van der Waals surface area contributed by atoms with Crippen LogP contribution < -0.4 is 15.4 Å². The first kappa shape index (κ1) is 12.1. The van der Waals surface area contributed by atoms with Gasteiger partial charge in [0.15, 0.2) is 0 Å². The average molecular weight is 242 g/mol. The van der Waals surface area contributed by atoms with Gasteiger partial charge in [0, 0.05) is 13.5 Å². The Morgan fingerprint density at radius 2 is 2.24 bits per heavy atom. The van der Waals surface area contributed by atoms with Crippen LogP contribution in [-0.2, 0) is 6.42 Å². The maximum atomic E-state index is 13.2. The maximum Gasteiger partial charge on any atom is 0.264 e. The first-order chi connectivity index (χ1) is 8.02. The summed E-state index contributed by atoms with van der Waals surface area (Å²) >= 11 is 0. The Bertz CT molecular complexity index is 409. The molecule has 0 radical (unpaired) electrons. The van der Waals surface area contributed by atoms with E-state index >= 15 is 0 Å². The summed E-state index contributed by atoms with van der Waals surface area (Å²) in [5.41, 5.74) is 6.48. The molecule has 0 atom stereocenters. The number of alkyl halides is 2. The molecule has 0 aromatic heterocycles. The maximum absolute atomic E-state index is 13.2. The lowest BCUT2D eigenvalue weighted by Gasteiger charge is -2.28. The lowest BCUT2D eigenvalue weighted by atomic mass is 10.1. The minimum atomic E-state index is -2.84. The van der Waals surface area contributed by atoms with Gasteiger partial charge in [-0.25, -0.2) is 8.78 Å². The minimum absolute atomic E-state index is 0.329. The van der Waals surface area contributed by atoms with Gasteiger partial charge in [-0.2, -0.15) is 0 Å². The topological polar surface area (TPSA) is 38.5 Å². The predicted molar refractivity (Wildman–Crippen MR) is 62.9 cm³/mol. The van der Waals surface area contributed by atoms with Crippen molar-refractivity contribution in [3.8, 4) is 5.75 Å². The summed E-state index contributed by atoms with van der Waals surface area (Å²) in [5, 5.41) is 0. The van der Waals surface area contributed by atoms with Crippen LogP contribution in [0.4, 0.5) is 14.5 Å². The molecule has 1 heterocycles. The van der Waals surface area contributed by atoms with Crippen LogP contribution in [0.25, 0.3) is 0 Å². The SMILES string of the molecule is CN1CCOc2ccc(CC(F)(F)CN)cc21. The molecule has 0 amide bonds. The van der Waals surface area contributed by atoms with Crippen LogP contribution in [-0.4, -0.2) is 32.7 Å². The van der Waals surface area contributed by atoms with Gasteiger partial charge in [0.2, 0.25) is 0 Å². The van der Waals surface area contributed by atoms with Crippen molar-refractivity contribution in [2.24, 2.45) is 5.73 Å². The highest BCUT2D eigenvalue weighted by atomic mass is 19.3. The van der Waals surface area contributed by atoms with Gasteiger partial charge < -0.3 is 15.4 Å². The van der Waals surface area contributed by atoms with Crippen molar-refractivity contribution in [3.63, 3.8) is 0 Å². The van der Waals surface area contributed by atoms with Crippen molar-refractivity contribution in [3.05, 3.63) is 23.8 Å². The van der Waals surface area contributed by atoms with Gasteiger partial charge in [0.05, 0.1) is 18.8 Å². The Balaban J connectivity index is 2.24. The van der Waals surface area contributed by atoms with Gasteiger partial charge in [0.25, 0.3) is 5.92 Å². The van der Waals surface area contributed by atoms with Gasteiger partial charge in [-0.15, -0.1) is 0 Å². The Hall–Kier alpha value is -1.36. The van der Waals surface area contributed by atoms with Crippen LogP contribution in [0.3, 0.4) is 0 Å². The van der Waals surface area contributed by atoms with E-state index in [2.05, 4.69) is 0 Å². The van der Waals surface area contributed by atoms with Crippen molar-refractivity contribution in [1.29, 1.82) is 0 Å². The lowest BCUT2D eigenvalue weighted by molar-refractivity contribution is 0.0115. The standard InChI is InChI=1S/C12H16F2N2O/c1-16-4-5-17-11-3-2-9(6-10(11)16)7-12(13,14)8-15/h2-3,6H,4-5,7-8,15H2,1H3. The second-order valence-electron chi connectivity index (χ2n) is 4.31. The molecule has 94 valence electrons. The average Bonchev–Trinajstić information content (AvgIpc) is 2.30. The molecule has 2 rings (SSSR count). The lowest BCUT2D eigenvalue weighted by Crippen LogP contribution is -2.31. The Labute approximate surface area is 99.2 Å². The van der Waals surface area contributed by atoms with Gasteiger partial charge in [-0.1, -0.05) is 6.07 Å². The molecule has 17 heavy (non-hydrogen) atoms. The molecule has 1 aromatic rings. The number of anilines is 1. The molecular weight excluding hydrogens is 226 g/mol. The summed E-state index contributed by atoms with van der Waals surface area (Å²) in [5.74, 6) is -2.10. The van der Waals surface area contributed by atoms with Crippen LogP contribution in [0.15, 0.2) is 18.2 Å². The van der Waals surface area contributed by atoms with Crippen LogP contribution in [0.5, 0.6) is 5.75 Å². The van der Waals surface area contributed by atoms with E-state index in [1.54, 1.807) is 18.2 Å². The number of ether oxygens (including phenoxy) is 1. The van der Waals surface area contributed by atoms with E-state index in [1.807, 2.05) is 11.9 Å². The largest absolute Gasteiger partial charge is 0.490 e. The molecule has 1 aliphatic heterocycles. The fraction of sp³-hybridized carbons (Fsp3) is 0.500. The molecule has 0 aliphatic carbocycles. The number of hydrogen-bond donors (Lipinski definition) is 1. The van der Waals surface area contributed by atoms with E-state index in [4.69, 9.17) is 10.5 Å². The van der Waals surface area contributed by atoms with Crippen LogP contribution >= 0.6 is 0 Å². The van der Waals surface area contributed by atoms with Crippen molar-refractivity contribution in [1.82, 2.24) is 0 Å². The minimum Gasteiger partial charge on any atom is -0.490 e. The summed E-state index contributed by atoms with van der Waals surface area (Å²) in [6.45, 7) is 0.766. The Morgan fingerprint density at radius 3 is 2.94 bits per heavy atom. The Morgan fingerprint density at radius 1 is 1.47 bits per heavy atom. The number of rotatable bonds is 3. The number of likely N-dealkylation sites (N-methyl/N-ethyl adjacent to an activating group) is 1. The van der Waals surface area contributed by atoms with E-state index in [-0.39, 0.29) is 6.42 Å². The third-order valence-electron chi connectivity index (χ3n) is 2.88. The highest BCUT2D eigenvalue weighted by molar-refractivity contribution is 5.61. The number of benzene rings is 1. The van der Waals surface area contributed by atoms with Crippen molar-refractivity contribution in [2.75, 3.05) is 31.6 Å². The normalized spacial score (nSPS) is 15.4. The summed E-state index contributed by atoms with van der Waals surface area (Å²) in [4.78, 5) is 2.00. The molecule has 0 spiro atoms. The molecule has 0 unspecified atom stereocenters. The third-order valence-corrected chi connectivity index (χ3v) is 2.88. The van der Waals surface area contributed by atoms with Crippen molar-refractivity contribution < 1.29 is 13.5 Å². The monoisotopic (exact) mass is 242 g/mol. The van der Waals surface area contributed by atoms with E-state index in [0.29, 0.717) is 12.2 Å². The van der Waals surface area contributed by atoms with Crippen LogP contribution in [0.1, 0.15) is 5.56 Å². The number of nitrogens with zero attached hydrogens (tertiary/aromatic N) is 1. The number of fused-ring (bicyclic) bond motifs is 1. The predicted octanol–water partition coefficient (Wildman–Crippen LogP) is 1.65. The van der Waals surface area contributed by atoms with Crippen LogP contribution in [0.2, 0.25) is 0 Å². The molecule has 0 saturated carbocycles. The molecule has 0 saturated heterocycles. The third kappa shape index (κ3) is 2.66. The molecular formula is C12H16F2N2O. The van der Waals surface area contributed by atoms with Gasteiger partial charge in [0.1, 0.15) is 12.4 Å². The van der Waals surface area contributed by atoms with Crippen molar-refractivity contribution in [2.45, 2.75) is 12.3 Å². The highest BCUT2D eigenvalue weighted by Gasteiger charge is 2.27. The first-order valence-corrected chi connectivity index (χ1v) is 5.56. The number of halogens is 2. The Kier molecular flexibility index (Phi) is 3.19. The van der Waals surface area contributed by atoms with E-state index in [0.717, 1.165) is 18.0 Å². The first-order valence-electron chi connectivity index (χ1n) is 5.56. The molecule has 1 aromatic carbocycles. The second kappa shape index (κ2) is 4.49. The van der Waals surface area contributed by atoms with Gasteiger partial charge >= 0.3 is 0 Å². The summed E-state index contributed by atoms with van der Waals surface area (Å²) in [7, 11) is 1.92. The molecule has 0 fully saturated rings. The quantitative estimate of drug-likeness (QED) is 0.876. The van der Waals surface area contributed by atoms with Gasteiger partial charge in [-0.05, 0) is 17.7 Å². The number of hydrogen-bond acceptors (Lipinski definition) is 3. The fourth-order valence-corrected chi connectivity index (χ4v) is 1.88. The second-order valence-corrected chi connectivity index (χ2v) is 4.31. The molecule has 5 heteroatoms. The zero-order valence-corrected chi connectivity index (χ0v) is 9.75. The zero-order valence-electron chi connectivity index (χ0n) is 9.75. The highest BCUT2D eigenvalue weighted by Crippen LogP contribution is 2.32. The molecule has 1 aliphatic rings. The number of nitrogens with two attached hydrogens (primary N) is 1. The summed E-state index contributed by atoms with van der Waals surface area (Å²) < 4.78 is 31.8. The smallest absolute Gasteiger partial charge is 0.264 e. The van der Waals surface area contributed by atoms with Crippen molar-refractivity contribution >= 4 is 5.69 Å². The summed E-state index contributed by atoms with van der Waals surface area (Å²) in [6, 6.07) is 5.16. The molecule has 0 bridgehead atoms. The van der Waals surface area contributed by atoms with E-state index in [9.17, 15) is 8.78 Å². The van der Waals surface area contributed by atoms with E-state index in [1.165, 1.54) is 0 Å². The molecule has 2 N–H and O–H groups in total. The van der Waals surface area contributed by atoms with Gasteiger partial charge in [-0.3, -0.25) is 0 Å². The zero-order chi connectivity index (χ0) is 12.5. The van der Waals surface area contributed by atoms with E-state index < -0.39 is 12.5 Å². The van der Waals surface area contributed by atoms with Crippen LogP contribution in [0, 0.1) is 0 Å². The molecule has 3 nitrogen and oxygen atoms in total. The summed E-state index contributed by atoms with van der Waals surface area (Å²) in [6.07, 6.45) is -0.329.